The zero-order valence-corrected chi connectivity index (χ0v) is 15.1. The topological polar surface area (TPSA) is 64.2 Å². The van der Waals surface area contributed by atoms with E-state index < -0.39 is 0 Å². The molecule has 5 nitrogen and oxygen atoms in total. The van der Waals surface area contributed by atoms with Crippen LogP contribution in [0.3, 0.4) is 0 Å². The van der Waals surface area contributed by atoms with Crippen LogP contribution in [0.1, 0.15) is 24.8 Å². The molecule has 140 valence electrons. The third-order valence-electron chi connectivity index (χ3n) is 4.82. The molecular weight excluding hydrogens is 347 g/mol. The van der Waals surface area contributed by atoms with E-state index in [2.05, 4.69) is 9.97 Å². The van der Waals surface area contributed by atoms with Crippen LogP contribution in [0.15, 0.2) is 41.5 Å². The fraction of sp³-hybridized carbons (Fsp3) is 0.333. The van der Waals surface area contributed by atoms with Crippen LogP contribution in [-0.4, -0.2) is 29.3 Å². The summed E-state index contributed by atoms with van der Waals surface area (Å²) in [6, 6.07) is 8.09. The quantitative estimate of drug-likeness (QED) is 0.756. The van der Waals surface area contributed by atoms with Crippen LogP contribution >= 0.6 is 0 Å². The van der Waals surface area contributed by atoms with Gasteiger partial charge in [0.05, 0.1) is 23.3 Å². The number of nitrogens with one attached hydrogen (secondary N) is 1. The number of halogens is 1. The molecule has 1 fully saturated rings. The monoisotopic (exact) mass is 368 g/mol. The molecule has 27 heavy (non-hydrogen) atoms. The molecule has 1 N–H and O–H groups in total. The summed E-state index contributed by atoms with van der Waals surface area (Å²) in [4.78, 5) is 19.1. The van der Waals surface area contributed by atoms with Crippen molar-refractivity contribution in [3.05, 3.63) is 58.4 Å². The van der Waals surface area contributed by atoms with E-state index in [1.54, 1.807) is 12.1 Å². The molecular formula is C21H21FN2O3. The number of ether oxygens (including phenoxy) is 2. The van der Waals surface area contributed by atoms with E-state index in [1.165, 1.54) is 18.5 Å². The minimum Gasteiger partial charge on any atom is -0.490 e. The van der Waals surface area contributed by atoms with Gasteiger partial charge in [0, 0.05) is 17.7 Å². The number of aryl methyl sites for hydroxylation is 1. The van der Waals surface area contributed by atoms with Gasteiger partial charge in [0.15, 0.2) is 0 Å². The number of fused-ring (bicyclic) bond motifs is 1. The fourth-order valence-electron chi connectivity index (χ4n) is 3.49. The molecule has 6 heteroatoms. The van der Waals surface area contributed by atoms with E-state index in [-0.39, 0.29) is 17.5 Å². The molecule has 0 amide bonds. The average molecular weight is 368 g/mol. The van der Waals surface area contributed by atoms with Gasteiger partial charge in [-0.1, -0.05) is 0 Å². The molecule has 0 radical (unpaired) electrons. The lowest BCUT2D eigenvalue weighted by atomic mass is 9.99. The molecule has 0 saturated carbocycles. The third kappa shape index (κ3) is 3.71. The molecule has 3 aromatic rings. The van der Waals surface area contributed by atoms with Crippen molar-refractivity contribution in [3.63, 3.8) is 0 Å². The van der Waals surface area contributed by atoms with Gasteiger partial charge in [-0.3, -0.25) is 4.79 Å². The third-order valence-corrected chi connectivity index (χ3v) is 4.82. The highest BCUT2D eigenvalue weighted by Crippen LogP contribution is 2.35. The van der Waals surface area contributed by atoms with Crippen molar-refractivity contribution in [2.75, 3.05) is 13.2 Å². The van der Waals surface area contributed by atoms with Crippen molar-refractivity contribution in [1.82, 2.24) is 9.97 Å². The van der Waals surface area contributed by atoms with E-state index in [1.807, 2.05) is 13.0 Å². The predicted molar refractivity (Wildman–Crippen MR) is 102 cm³/mol. The van der Waals surface area contributed by atoms with Gasteiger partial charge >= 0.3 is 0 Å². The van der Waals surface area contributed by atoms with Crippen LogP contribution in [0, 0.1) is 12.7 Å². The fourth-order valence-corrected chi connectivity index (χ4v) is 3.49. The minimum atomic E-state index is -0.370. The van der Waals surface area contributed by atoms with E-state index in [0.29, 0.717) is 34.4 Å². The van der Waals surface area contributed by atoms with Gasteiger partial charge in [-0.15, -0.1) is 0 Å². The molecule has 1 unspecified atom stereocenters. The summed E-state index contributed by atoms with van der Waals surface area (Å²) in [5, 5.41) is 0.471. The van der Waals surface area contributed by atoms with E-state index >= 15 is 0 Å². The molecule has 4 rings (SSSR count). The van der Waals surface area contributed by atoms with Gasteiger partial charge in [0.1, 0.15) is 18.2 Å². The summed E-state index contributed by atoms with van der Waals surface area (Å²) in [5.41, 5.74) is 2.45. The van der Waals surface area contributed by atoms with Gasteiger partial charge < -0.3 is 14.5 Å². The van der Waals surface area contributed by atoms with Crippen molar-refractivity contribution in [2.24, 2.45) is 0 Å². The van der Waals surface area contributed by atoms with Crippen LogP contribution in [0.4, 0.5) is 4.39 Å². The Morgan fingerprint density at radius 1 is 1.26 bits per heavy atom. The lowest BCUT2D eigenvalue weighted by Crippen LogP contribution is -2.25. The number of aromatic nitrogens is 2. The maximum Gasteiger partial charge on any atom is 0.258 e. The van der Waals surface area contributed by atoms with Crippen molar-refractivity contribution in [1.29, 1.82) is 0 Å². The molecule has 1 saturated heterocycles. The molecule has 1 aliphatic heterocycles. The number of hydrogen-bond acceptors (Lipinski definition) is 4. The first kappa shape index (κ1) is 17.7. The number of H-pyrrole nitrogens is 1. The molecule has 2 aromatic carbocycles. The average Bonchev–Trinajstić information content (AvgIpc) is 2.68. The van der Waals surface area contributed by atoms with Crippen molar-refractivity contribution < 1.29 is 13.9 Å². The Balaban J connectivity index is 1.77. The smallest absolute Gasteiger partial charge is 0.258 e. The molecule has 2 heterocycles. The maximum absolute atomic E-state index is 14.0. The van der Waals surface area contributed by atoms with Crippen LogP contribution in [0.2, 0.25) is 0 Å². The highest BCUT2D eigenvalue weighted by molar-refractivity contribution is 5.95. The second kappa shape index (κ2) is 7.48. The number of benzene rings is 2. The molecule has 0 aliphatic carbocycles. The zero-order valence-electron chi connectivity index (χ0n) is 15.1. The largest absolute Gasteiger partial charge is 0.490 e. The first-order chi connectivity index (χ1) is 13.1. The van der Waals surface area contributed by atoms with Gasteiger partial charge in [-0.2, -0.15) is 0 Å². The van der Waals surface area contributed by atoms with Gasteiger partial charge in [-0.25, -0.2) is 9.37 Å². The first-order valence-electron chi connectivity index (χ1n) is 9.14. The van der Waals surface area contributed by atoms with Crippen molar-refractivity contribution >= 4 is 10.9 Å². The van der Waals surface area contributed by atoms with Crippen molar-refractivity contribution in [3.8, 4) is 16.9 Å². The Bertz CT molecular complexity index is 1030. The van der Waals surface area contributed by atoms with E-state index in [0.717, 1.165) is 31.4 Å². The minimum absolute atomic E-state index is 0.0480. The van der Waals surface area contributed by atoms with Crippen LogP contribution in [0.5, 0.6) is 5.75 Å². The maximum atomic E-state index is 14.0. The zero-order chi connectivity index (χ0) is 18.8. The number of rotatable bonds is 4. The summed E-state index contributed by atoms with van der Waals surface area (Å²) in [6.45, 7) is 3.06. The molecule has 0 spiro atoms. The van der Waals surface area contributed by atoms with E-state index in [9.17, 15) is 9.18 Å². The summed E-state index contributed by atoms with van der Waals surface area (Å²) in [5.74, 6) is 0.185. The molecule has 1 atom stereocenters. The number of aromatic amines is 1. The predicted octanol–water partition coefficient (Wildman–Crippen LogP) is 3.99. The standard InChI is InChI=1S/C21H21FN2O3/c1-13-8-17(20-18(9-13)21(25)24-12-23-20)16-10-14(22)5-6-19(16)27-11-15-4-2-3-7-26-15/h5-6,8-10,12,15H,2-4,7,11H2,1H3,(H,23,24,25). The normalized spacial score (nSPS) is 17.2. The first-order valence-corrected chi connectivity index (χ1v) is 9.14. The SMILES string of the molecule is Cc1cc(-c2cc(F)ccc2OCC2CCCCO2)c2nc[nH]c(=O)c2c1. The van der Waals surface area contributed by atoms with Crippen LogP contribution < -0.4 is 10.3 Å². The second-order valence-corrected chi connectivity index (χ2v) is 6.88. The number of hydrogen-bond donors (Lipinski definition) is 1. The summed E-state index contributed by atoms with van der Waals surface area (Å²) in [7, 11) is 0. The highest BCUT2D eigenvalue weighted by atomic mass is 19.1. The Labute approximate surface area is 156 Å². The lowest BCUT2D eigenvalue weighted by Gasteiger charge is -2.23. The Morgan fingerprint density at radius 3 is 2.96 bits per heavy atom. The summed E-state index contributed by atoms with van der Waals surface area (Å²) < 4.78 is 25.8. The molecule has 1 aliphatic rings. The number of nitrogens with zero attached hydrogens (tertiary/aromatic N) is 1. The Morgan fingerprint density at radius 2 is 2.15 bits per heavy atom. The molecule has 0 bridgehead atoms. The Kier molecular flexibility index (Phi) is 4.90. The van der Waals surface area contributed by atoms with Gasteiger partial charge in [0.25, 0.3) is 5.56 Å². The molecule has 1 aromatic heterocycles. The van der Waals surface area contributed by atoms with Crippen LogP contribution in [-0.2, 0) is 4.74 Å². The Hall–Kier alpha value is -2.73. The van der Waals surface area contributed by atoms with Gasteiger partial charge in [0.2, 0.25) is 0 Å². The van der Waals surface area contributed by atoms with E-state index in [4.69, 9.17) is 9.47 Å². The lowest BCUT2D eigenvalue weighted by molar-refractivity contribution is -0.0109. The van der Waals surface area contributed by atoms with Gasteiger partial charge in [-0.05, 0) is 62.1 Å². The van der Waals surface area contributed by atoms with Crippen LogP contribution in [0.25, 0.3) is 22.0 Å². The second-order valence-electron chi connectivity index (χ2n) is 6.88. The highest BCUT2D eigenvalue weighted by Gasteiger charge is 2.18. The summed E-state index contributed by atoms with van der Waals surface area (Å²) >= 11 is 0. The van der Waals surface area contributed by atoms with Crippen molar-refractivity contribution in [2.45, 2.75) is 32.3 Å². The summed E-state index contributed by atoms with van der Waals surface area (Å²) in [6.07, 6.45) is 4.57.